The van der Waals surface area contributed by atoms with Gasteiger partial charge >= 0.3 is 0 Å². The Hall–Kier alpha value is -1.29. The lowest BCUT2D eigenvalue weighted by Gasteiger charge is -2.46. The minimum Gasteiger partial charge on any atom is -0.367 e. The highest BCUT2D eigenvalue weighted by Crippen LogP contribution is 2.24. The van der Waals surface area contributed by atoms with Gasteiger partial charge in [0.2, 0.25) is 0 Å². The van der Waals surface area contributed by atoms with E-state index < -0.39 is 0 Å². The number of likely N-dealkylation sites (N-methyl/N-ethyl adjacent to an activating group) is 1. The average Bonchev–Trinajstić information content (AvgIpc) is 2.68. The van der Waals surface area contributed by atoms with Crippen molar-refractivity contribution in [2.24, 2.45) is 0 Å². The lowest BCUT2D eigenvalue weighted by atomic mass is 9.99. The van der Waals surface area contributed by atoms with Crippen LogP contribution in [0.4, 0.5) is 0 Å². The second kappa shape index (κ2) is 4.18. The molecule has 4 heteroatoms. The van der Waals surface area contributed by atoms with E-state index in [2.05, 4.69) is 47.2 Å². The third-order valence-corrected chi connectivity index (χ3v) is 3.71. The molecule has 0 radical (unpaired) electrons. The first-order valence-corrected chi connectivity index (χ1v) is 6.07. The summed E-state index contributed by atoms with van der Waals surface area (Å²) in [6.07, 6.45) is 1.86. The van der Waals surface area contributed by atoms with Crippen LogP contribution in [0, 0.1) is 6.92 Å². The number of H-pyrrole nitrogens is 1. The zero-order valence-corrected chi connectivity index (χ0v) is 11.2. The molecule has 2 rings (SSSR count). The highest BCUT2D eigenvalue weighted by Gasteiger charge is 2.31. The van der Waals surface area contributed by atoms with Crippen molar-refractivity contribution in [2.45, 2.75) is 26.3 Å². The molecule has 0 spiro atoms. The molecular weight excluding hydrogens is 212 g/mol. The summed E-state index contributed by atoms with van der Waals surface area (Å²) in [4.78, 5) is 12.2. The van der Waals surface area contributed by atoms with Gasteiger partial charge in [-0.15, -0.1) is 0 Å². The van der Waals surface area contributed by atoms with Gasteiger partial charge in [0, 0.05) is 25.2 Å². The van der Waals surface area contributed by atoms with Crippen LogP contribution in [0.3, 0.4) is 0 Å². The summed E-state index contributed by atoms with van der Waals surface area (Å²) in [7, 11) is 2.18. The van der Waals surface area contributed by atoms with Gasteiger partial charge in [0.1, 0.15) is 5.82 Å². The van der Waals surface area contributed by atoms with Crippen molar-refractivity contribution in [2.75, 3.05) is 26.7 Å². The van der Waals surface area contributed by atoms with E-state index in [1.54, 1.807) is 0 Å². The number of aromatic amines is 1. The van der Waals surface area contributed by atoms with Crippen LogP contribution >= 0.6 is 0 Å². The molecule has 0 aliphatic carbocycles. The Balaban J connectivity index is 2.11. The normalized spacial score (nSPS) is 20.6. The Morgan fingerprint density at radius 2 is 2.18 bits per heavy atom. The largest absolute Gasteiger partial charge is 0.367 e. The Morgan fingerprint density at radius 1 is 1.47 bits per heavy atom. The molecule has 1 fully saturated rings. The summed E-state index contributed by atoms with van der Waals surface area (Å²) in [6, 6.07) is 0. The fourth-order valence-corrected chi connectivity index (χ4v) is 2.21. The first kappa shape index (κ1) is 12.2. The summed E-state index contributed by atoms with van der Waals surface area (Å²) in [6.45, 7) is 13.8. The number of rotatable bonds is 2. The summed E-state index contributed by atoms with van der Waals surface area (Å²) >= 11 is 0. The van der Waals surface area contributed by atoms with Crippen molar-refractivity contribution >= 4 is 5.70 Å². The molecule has 0 atom stereocenters. The maximum absolute atomic E-state index is 4.23. The third kappa shape index (κ3) is 2.36. The monoisotopic (exact) mass is 234 g/mol. The van der Waals surface area contributed by atoms with Gasteiger partial charge < -0.3 is 9.88 Å². The third-order valence-electron chi connectivity index (χ3n) is 3.71. The fourth-order valence-electron chi connectivity index (χ4n) is 2.21. The summed E-state index contributed by atoms with van der Waals surface area (Å²) in [5.41, 5.74) is 2.27. The van der Waals surface area contributed by atoms with E-state index in [0.29, 0.717) is 0 Å². The number of nitrogens with zero attached hydrogens (tertiary/aromatic N) is 3. The molecule has 0 bridgehead atoms. The van der Waals surface area contributed by atoms with E-state index in [9.17, 15) is 0 Å². The van der Waals surface area contributed by atoms with E-state index >= 15 is 0 Å². The van der Waals surface area contributed by atoms with Gasteiger partial charge in [0.15, 0.2) is 0 Å². The Morgan fingerprint density at radius 3 is 2.71 bits per heavy atom. The van der Waals surface area contributed by atoms with E-state index in [-0.39, 0.29) is 5.54 Å². The molecule has 1 aliphatic rings. The van der Waals surface area contributed by atoms with Crippen LogP contribution in [0.25, 0.3) is 5.70 Å². The van der Waals surface area contributed by atoms with Crippen LogP contribution in [0.5, 0.6) is 0 Å². The first-order chi connectivity index (χ1) is 7.90. The lowest BCUT2D eigenvalue weighted by Crippen LogP contribution is -2.56. The molecular formula is C13H22N4. The molecule has 94 valence electrons. The predicted molar refractivity (Wildman–Crippen MR) is 70.6 cm³/mol. The van der Waals surface area contributed by atoms with E-state index in [1.165, 1.54) is 0 Å². The standard InChI is InChI=1S/C13H22N4/c1-10(12-8-14-11(2)15-12)17-7-6-16(5)13(3,4)9-17/h8H,1,6-7,9H2,2-5H3,(H,14,15). The maximum atomic E-state index is 4.23. The number of piperazine rings is 1. The van der Waals surface area contributed by atoms with E-state index in [4.69, 9.17) is 0 Å². The highest BCUT2D eigenvalue weighted by atomic mass is 15.3. The van der Waals surface area contributed by atoms with Gasteiger partial charge in [0.25, 0.3) is 0 Å². The number of aryl methyl sites for hydroxylation is 1. The molecule has 17 heavy (non-hydrogen) atoms. The molecule has 1 aromatic rings. The van der Waals surface area contributed by atoms with Gasteiger partial charge in [-0.2, -0.15) is 0 Å². The number of nitrogens with one attached hydrogen (secondary N) is 1. The van der Waals surface area contributed by atoms with Crippen molar-refractivity contribution in [3.05, 3.63) is 24.3 Å². The molecule has 1 saturated heterocycles. The minimum absolute atomic E-state index is 0.191. The van der Waals surface area contributed by atoms with Gasteiger partial charge in [0.05, 0.1) is 17.6 Å². The van der Waals surface area contributed by atoms with Gasteiger partial charge in [-0.1, -0.05) is 6.58 Å². The first-order valence-electron chi connectivity index (χ1n) is 6.07. The smallest absolute Gasteiger partial charge is 0.103 e. The van der Waals surface area contributed by atoms with Crippen LogP contribution in [0.2, 0.25) is 0 Å². The highest BCUT2D eigenvalue weighted by molar-refractivity contribution is 5.58. The lowest BCUT2D eigenvalue weighted by molar-refractivity contribution is 0.0697. The molecule has 0 unspecified atom stereocenters. The van der Waals surface area contributed by atoms with Crippen LogP contribution in [0.1, 0.15) is 25.4 Å². The van der Waals surface area contributed by atoms with Crippen LogP contribution in [-0.4, -0.2) is 52.0 Å². The van der Waals surface area contributed by atoms with Gasteiger partial charge in [-0.05, 0) is 27.8 Å². The van der Waals surface area contributed by atoms with Crippen molar-refractivity contribution in [1.82, 2.24) is 19.8 Å². The Bertz CT molecular complexity index is 419. The molecule has 1 N–H and O–H groups in total. The number of hydrogen-bond acceptors (Lipinski definition) is 3. The summed E-state index contributed by atoms with van der Waals surface area (Å²) in [5.74, 6) is 0.939. The van der Waals surface area contributed by atoms with Crippen LogP contribution in [-0.2, 0) is 0 Å². The number of imidazole rings is 1. The second-order valence-corrected chi connectivity index (χ2v) is 5.48. The SMILES string of the molecule is C=C(c1cnc(C)[nH]1)N1CCN(C)C(C)(C)C1. The van der Waals surface area contributed by atoms with Crippen LogP contribution < -0.4 is 0 Å². The molecule has 4 nitrogen and oxygen atoms in total. The Kier molecular flexibility index (Phi) is 3.00. The summed E-state index contributed by atoms with van der Waals surface area (Å²) < 4.78 is 0. The van der Waals surface area contributed by atoms with Crippen molar-refractivity contribution in [3.8, 4) is 0 Å². The van der Waals surface area contributed by atoms with Gasteiger partial charge in [-0.3, -0.25) is 4.90 Å². The van der Waals surface area contributed by atoms with Crippen molar-refractivity contribution < 1.29 is 0 Å². The van der Waals surface area contributed by atoms with Gasteiger partial charge in [-0.25, -0.2) is 4.98 Å². The second-order valence-electron chi connectivity index (χ2n) is 5.48. The molecule has 0 aromatic carbocycles. The van der Waals surface area contributed by atoms with E-state index in [0.717, 1.165) is 36.8 Å². The quantitative estimate of drug-likeness (QED) is 0.846. The molecule has 0 saturated carbocycles. The van der Waals surface area contributed by atoms with Crippen LogP contribution in [0.15, 0.2) is 12.8 Å². The fraction of sp³-hybridized carbons (Fsp3) is 0.615. The Labute approximate surface area is 103 Å². The zero-order valence-electron chi connectivity index (χ0n) is 11.2. The average molecular weight is 234 g/mol. The molecule has 1 aromatic heterocycles. The molecule has 0 amide bonds. The van der Waals surface area contributed by atoms with Crippen molar-refractivity contribution in [1.29, 1.82) is 0 Å². The molecule has 1 aliphatic heterocycles. The predicted octanol–water partition coefficient (Wildman–Crippen LogP) is 1.71. The van der Waals surface area contributed by atoms with Crippen molar-refractivity contribution in [3.63, 3.8) is 0 Å². The number of aromatic nitrogens is 2. The maximum Gasteiger partial charge on any atom is 0.103 e. The minimum atomic E-state index is 0.191. The van der Waals surface area contributed by atoms with E-state index in [1.807, 2.05) is 13.1 Å². The molecule has 2 heterocycles. The topological polar surface area (TPSA) is 35.2 Å². The zero-order chi connectivity index (χ0) is 12.6. The number of hydrogen-bond donors (Lipinski definition) is 1. The summed E-state index contributed by atoms with van der Waals surface area (Å²) in [5, 5.41) is 0.